The molecule has 1 aliphatic rings. The molecule has 1 saturated heterocycles. The van der Waals surface area contributed by atoms with Crippen molar-refractivity contribution in [2.45, 2.75) is 24.7 Å². The highest BCUT2D eigenvalue weighted by atomic mass is 32.2. The molecule has 0 spiro atoms. The molecule has 0 amide bonds. The van der Waals surface area contributed by atoms with Crippen LogP contribution in [0.15, 0.2) is 17.0 Å². The summed E-state index contributed by atoms with van der Waals surface area (Å²) < 4.78 is 39.6. The Balaban J connectivity index is 2.57. The molecule has 1 heterocycles. The molecule has 0 atom stereocenters. The lowest BCUT2D eigenvalue weighted by Crippen LogP contribution is -2.29. The maximum atomic E-state index is 13.7. The van der Waals surface area contributed by atoms with Gasteiger partial charge in [0.15, 0.2) is 0 Å². The number of sulfonamides is 1. The summed E-state index contributed by atoms with van der Waals surface area (Å²) in [6.45, 7) is 2.12. The Kier molecular flexibility index (Phi) is 3.60. The summed E-state index contributed by atoms with van der Waals surface area (Å²) in [6, 6.07) is 1.86. The van der Waals surface area contributed by atoms with E-state index in [4.69, 9.17) is 5.11 Å². The van der Waals surface area contributed by atoms with Gasteiger partial charge in [0, 0.05) is 18.7 Å². The third-order valence-corrected chi connectivity index (χ3v) is 5.25. The van der Waals surface area contributed by atoms with Gasteiger partial charge in [-0.1, -0.05) is 0 Å². The maximum Gasteiger partial charge on any atom is 0.335 e. The summed E-state index contributed by atoms with van der Waals surface area (Å²) in [6.07, 6.45) is 1.53. The van der Waals surface area contributed by atoms with Crippen LogP contribution in [0.3, 0.4) is 0 Å². The topological polar surface area (TPSA) is 74.7 Å². The van der Waals surface area contributed by atoms with Crippen LogP contribution in [0, 0.1) is 12.7 Å². The molecule has 0 bridgehead atoms. The zero-order valence-corrected chi connectivity index (χ0v) is 11.2. The summed E-state index contributed by atoms with van der Waals surface area (Å²) >= 11 is 0. The Morgan fingerprint density at radius 2 is 1.89 bits per heavy atom. The number of halogens is 1. The first kappa shape index (κ1) is 14.0. The number of carboxylic acids is 1. The van der Waals surface area contributed by atoms with E-state index in [9.17, 15) is 17.6 Å². The fourth-order valence-electron chi connectivity index (χ4n) is 2.11. The minimum atomic E-state index is -3.82. The highest BCUT2D eigenvalue weighted by Crippen LogP contribution is 2.26. The van der Waals surface area contributed by atoms with E-state index in [1.165, 1.54) is 11.2 Å². The van der Waals surface area contributed by atoms with Crippen LogP contribution in [-0.4, -0.2) is 36.9 Å². The summed E-state index contributed by atoms with van der Waals surface area (Å²) in [5.41, 5.74) is -0.405. The maximum absolute atomic E-state index is 13.7. The van der Waals surface area contributed by atoms with E-state index in [1.807, 2.05) is 0 Å². The Morgan fingerprint density at radius 1 is 1.32 bits per heavy atom. The van der Waals surface area contributed by atoms with Crippen molar-refractivity contribution >= 4 is 16.0 Å². The second-order valence-corrected chi connectivity index (χ2v) is 6.40. The summed E-state index contributed by atoms with van der Waals surface area (Å²) in [5.74, 6) is -2.17. The van der Waals surface area contributed by atoms with Gasteiger partial charge in [0.1, 0.15) is 5.82 Å². The Labute approximate surface area is 110 Å². The molecule has 0 aromatic heterocycles. The molecule has 1 N–H and O–H groups in total. The van der Waals surface area contributed by atoms with Crippen molar-refractivity contribution < 1.29 is 22.7 Å². The van der Waals surface area contributed by atoms with E-state index in [0.717, 1.165) is 25.0 Å². The van der Waals surface area contributed by atoms with Crippen LogP contribution in [0.5, 0.6) is 0 Å². The molecule has 2 rings (SSSR count). The van der Waals surface area contributed by atoms with E-state index in [0.29, 0.717) is 13.1 Å². The van der Waals surface area contributed by atoms with Crippen LogP contribution < -0.4 is 0 Å². The van der Waals surface area contributed by atoms with Gasteiger partial charge < -0.3 is 5.11 Å². The van der Waals surface area contributed by atoms with Gasteiger partial charge in [-0.2, -0.15) is 4.31 Å². The molecule has 1 fully saturated rings. The van der Waals surface area contributed by atoms with Crippen molar-refractivity contribution in [2.75, 3.05) is 13.1 Å². The Hall–Kier alpha value is -1.47. The van der Waals surface area contributed by atoms with Crippen molar-refractivity contribution in [3.05, 3.63) is 29.1 Å². The van der Waals surface area contributed by atoms with E-state index in [1.54, 1.807) is 0 Å². The van der Waals surface area contributed by atoms with Gasteiger partial charge in [0.2, 0.25) is 10.0 Å². The molecule has 1 aromatic carbocycles. The Bertz CT molecular complexity index is 621. The molecule has 1 aromatic rings. The van der Waals surface area contributed by atoms with Crippen molar-refractivity contribution in [3.63, 3.8) is 0 Å². The molecule has 1 aliphatic heterocycles. The van der Waals surface area contributed by atoms with Crippen molar-refractivity contribution in [3.8, 4) is 0 Å². The predicted molar refractivity (Wildman–Crippen MR) is 66.1 cm³/mol. The molecule has 0 unspecified atom stereocenters. The lowest BCUT2D eigenvalue weighted by Gasteiger charge is -2.17. The molecule has 104 valence electrons. The summed E-state index contributed by atoms with van der Waals surface area (Å²) in [4.78, 5) is 10.6. The highest BCUT2D eigenvalue weighted by molar-refractivity contribution is 7.89. The minimum absolute atomic E-state index is 0.0445. The molecule has 0 saturated carbocycles. The third kappa shape index (κ3) is 2.48. The zero-order valence-electron chi connectivity index (χ0n) is 10.4. The van der Waals surface area contributed by atoms with Crippen LogP contribution in [0.2, 0.25) is 0 Å². The van der Waals surface area contributed by atoms with Gasteiger partial charge in [-0.3, -0.25) is 0 Å². The number of aromatic carboxylic acids is 1. The van der Waals surface area contributed by atoms with Crippen LogP contribution >= 0.6 is 0 Å². The molecular formula is C12H14FNO4S. The number of carboxylic acid groups (broad SMARTS) is 1. The van der Waals surface area contributed by atoms with E-state index < -0.39 is 21.8 Å². The minimum Gasteiger partial charge on any atom is -0.478 e. The van der Waals surface area contributed by atoms with Gasteiger partial charge >= 0.3 is 5.97 Å². The Morgan fingerprint density at radius 3 is 2.42 bits per heavy atom. The fourth-order valence-corrected chi connectivity index (χ4v) is 3.89. The quantitative estimate of drug-likeness (QED) is 0.916. The largest absolute Gasteiger partial charge is 0.478 e. The van der Waals surface area contributed by atoms with Crippen molar-refractivity contribution in [1.29, 1.82) is 0 Å². The van der Waals surface area contributed by atoms with Gasteiger partial charge in [-0.25, -0.2) is 17.6 Å². The standard InChI is InChI=1S/C12H14FNO4S/c1-8-10(13)6-9(12(15)16)7-11(8)19(17,18)14-4-2-3-5-14/h6-7H,2-5H2,1H3,(H,15,16). The SMILES string of the molecule is Cc1c(F)cc(C(=O)O)cc1S(=O)(=O)N1CCCC1. The first-order valence-electron chi connectivity index (χ1n) is 5.87. The highest BCUT2D eigenvalue weighted by Gasteiger charge is 2.30. The number of hydrogen-bond donors (Lipinski definition) is 1. The average molecular weight is 287 g/mol. The normalized spacial score (nSPS) is 16.7. The number of carbonyl (C=O) groups is 1. The first-order chi connectivity index (χ1) is 8.84. The molecule has 0 radical (unpaired) electrons. The van der Waals surface area contributed by atoms with Crippen molar-refractivity contribution in [1.82, 2.24) is 4.31 Å². The lowest BCUT2D eigenvalue weighted by molar-refractivity contribution is 0.0696. The average Bonchev–Trinajstić information content (AvgIpc) is 2.86. The van der Waals surface area contributed by atoms with Crippen LogP contribution in [-0.2, 0) is 10.0 Å². The third-order valence-electron chi connectivity index (χ3n) is 3.23. The monoisotopic (exact) mass is 287 g/mol. The molecule has 19 heavy (non-hydrogen) atoms. The molecule has 5 nitrogen and oxygen atoms in total. The van der Waals surface area contributed by atoms with Crippen LogP contribution in [0.1, 0.15) is 28.8 Å². The summed E-state index contributed by atoms with van der Waals surface area (Å²) in [7, 11) is -3.82. The number of nitrogens with zero attached hydrogens (tertiary/aromatic N) is 1. The van der Waals surface area contributed by atoms with Gasteiger partial charge in [-0.15, -0.1) is 0 Å². The number of hydrogen-bond acceptors (Lipinski definition) is 3. The summed E-state index contributed by atoms with van der Waals surface area (Å²) in [5, 5.41) is 8.88. The molecule has 0 aliphatic carbocycles. The second-order valence-electron chi connectivity index (χ2n) is 4.50. The van der Waals surface area contributed by atoms with Crippen LogP contribution in [0.4, 0.5) is 4.39 Å². The van der Waals surface area contributed by atoms with Crippen LogP contribution in [0.25, 0.3) is 0 Å². The van der Waals surface area contributed by atoms with E-state index in [-0.39, 0.29) is 16.0 Å². The number of rotatable bonds is 3. The van der Waals surface area contributed by atoms with Crippen molar-refractivity contribution in [2.24, 2.45) is 0 Å². The fraction of sp³-hybridized carbons (Fsp3) is 0.417. The van der Waals surface area contributed by atoms with E-state index in [2.05, 4.69) is 0 Å². The smallest absolute Gasteiger partial charge is 0.335 e. The van der Waals surface area contributed by atoms with Gasteiger partial charge in [0.05, 0.1) is 10.5 Å². The second kappa shape index (κ2) is 4.90. The molecular weight excluding hydrogens is 273 g/mol. The molecule has 7 heteroatoms. The zero-order chi connectivity index (χ0) is 14.2. The first-order valence-corrected chi connectivity index (χ1v) is 7.31. The van der Waals surface area contributed by atoms with E-state index >= 15 is 0 Å². The lowest BCUT2D eigenvalue weighted by atomic mass is 10.1. The van der Waals surface area contributed by atoms with Gasteiger partial charge in [-0.05, 0) is 31.9 Å². The number of benzene rings is 1. The predicted octanol–water partition coefficient (Wildman–Crippen LogP) is 1.62. The van der Waals surface area contributed by atoms with Gasteiger partial charge in [0.25, 0.3) is 0 Å².